The number of nitrogens with zero attached hydrogens (tertiary/aromatic N) is 1. The molecule has 0 aromatic carbocycles. The van der Waals surface area contributed by atoms with E-state index in [4.69, 9.17) is 5.84 Å². The van der Waals surface area contributed by atoms with Crippen molar-refractivity contribution in [1.82, 2.24) is 0 Å². The molecule has 2 nitrogen and oxygen atoms in total. The SMILES string of the molecule is CC(C)[N+](N)(C(C)C)C(C)C.[Cl-]. The highest BCUT2D eigenvalue weighted by atomic mass is 35.5. The van der Waals surface area contributed by atoms with Gasteiger partial charge in [-0.05, 0) is 41.5 Å². The molecule has 0 aliphatic rings. The lowest BCUT2D eigenvalue weighted by Gasteiger charge is -2.44. The van der Waals surface area contributed by atoms with Crippen LogP contribution in [0.1, 0.15) is 41.5 Å². The summed E-state index contributed by atoms with van der Waals surface area (Å²) in [5.41, 5.74) is 0. The first-order valence-electron chi connectivity index (χ1n) is 4.50. The van der Waals surface area contributed by atoms with Crippen LogP contribution in [-0.2, 0) is 0 Å². The lowest BCUT2D eigenvalue weighted by Crippen LogP contribution is -3.00. The molecular formula is C9H23ClN2. The van der Waals surface area contributed by atoms with Crippen LogP contribution in [-0.4, -0.2) is 22.7 Å². The van der Waals surface area contributed by atoms with Gasteiger partial charge in [0.2, 0.25) is 0 Å². The van der Waals surface area contributed by atoms with Crippen molar-refractivity contribution in [3.8, 4) is 0 Å². The summed E-state index contributed by atoms with van der Waals surface area (Å²) < 4.78 is 0.667. The first-order chi connectivity index (χ1) is 4.83. The van der Waals surface area contributed by atoms with Gasteiger partial charge in [0, 0.05) is 0 Å². The average Bonchev–Trinajstić information content (AvgIpc) is 1.84. The van der Waals surface area contributed by atoms with Crippen molar-refractivity contribution in [2.45, 2.75) is 59.7 Å². The number of halogens is 1. The van der Waals surface area contributed by atoms with Crippen molar-refractivity contribution < 1.29 is 17.0 Å². The van der Waals surface area contributed by atoms with Gasteiger partial charge in [-0.25, -0.2) is 4.59 Å². The normalized spacial score (nSPS) is 12.5. The molecule has 2 N–H and O–H groups in total. The van der Waals surface area contributed by atoms with E-state index in [1.54, 1.807) is 0 Å². The molecule has 0 atom stereocenters. The van der Waals surface area contributed by atoms with Crippen molar-refractivity contribution in [1.29, 1.82) is 0 Å². The molecule has 0 saturated carbocycles. The Hall–Kier alpha value is 0.210. The maximum absolute atomic E-state index is 6.26. The van der Waals surface area contributed by atoms with Crippen LogP contribution in [0.25, 0.3) is 0 Å². The van der Waals surface area contributed by atoms with E-state index in [1.165, 1.54) is 0 Å². The molecule has 0 saturated heterocycles. The minimum absolute atomic E-state index is 0. The Morgan fingerprint density at radius 2 is 0.917 bits per heavy atom. The van der Waals surface area contributed by atoms with E-state index < -0.39 is 0 Å². The highest BCUT2D eigenvalue weighted by Crippen LogP contribution is 2.17. The van der Waals surface area contributed by atoms with Crippen molar-refractivity contribution in [3.63, 3.8) is 0 Å². The van der Waals surface area contributed by atoms with Crippen LogP contribution in [0, 0.1) is 0 Å². The Balaban J connectivity index is 0. The summed E-state index contributed by atoms with van der Waals surface area (Å²) in [7, 11) is 0. The van der Waals surface area contributed by atoms with Crippen LogP contribution in [0.5, 0.6) is 0 Å². The third-order valence-corrected chi connectivity index (χ3v) is 2.68. The van der Waals surface area contributed by atoms with Gasteiger partial charge in [-0.15, -0.1) is 0 Å². The van der Waals surface area contributed by atoms with E-state index in [1.807, 2.05) is 0 Å². The van der Waals surface area contributed by atoms with Crippen molar-refractivity contribution in [2.24, 2.45) is 5.84 Å². The Kier molecular flexibility index (Phi) is 6.20. The zero-order valence-corrected chi connectivity index (χ0v) is 9.89. The first kappa shape index (κ1) is 14.7. The van der Waals surface area contributed by atoms with Gasteiger partial charge in [0.1, 0.15) is 18.1 Å². The summed E-state index contributed by atoms with van der Waals surface area (Å²) in [6.07, 6.45) is 0. The molecule has 76 valence electrons. The third-order valence-electron chi connectivity index (χ3n) is 2.68. The highest BCUT2D eigenvalue weighted by molar-refractivity contribution is 4.52. The molecule has 0 rings (SSSR count). The second-order valence-corrected chi connectivity index (χ2v) is 4.18. The van der Waals surface area contributed by atoms with E-state index in [0.29, 0.717) is 22.7 Å². The fourth-order valence-electron chi connectivity index (χ4n) is 1.79. The summed E-state index contributed by atoms with van der Waals surface area (Å²) in [5.74, 6) is 6.26. The molecule has 0 bridgehead atoms. The Bertz CT molecular complexity index is 99.9. The van der Waals surface area contributed by atoms with Gasteiger partial charge in [0.15, 0.2) is 0 Å². The molecule has 0 spiro atoms. The Morgan fingerprint density at radius 3 is 0.917 bits per heavy atom. The maximum Gasteiger partial charge on any atom is 0.101 e. The van der Waals surface area contributed by atoms with Gasteiger partial charge in [-0.1, -0.05) is 0 Å². The second kappa shape index (κ2) is 5.05. The monoisotopic (exact) mass is 194 g/mol. The topological polar surface area (TPSA) is 26.0 Å². The number of rotatable bonds is 3. The second-order valence-electron chi connectivity index (χ2n) is 4.18. The Labute approximate surface area is 83.1 Å². The van der Waals surface area contributed by atoms with Crippen molar-refractivity contribution in [2.75, 3.05) is 0 Å². The molecule has 0 aromatic rings. The first-order valence-corrected chi connectivity index (χ1v) is 4.50. The van der Waals surface area contributed by atoms with Crippen molar-refractivity contribution in [3.05, 3.63) is 0 Å². The lowest BCUT2D eigenvalue weighted by atomic mass is 10.1. The Morgan fingerprint density at radius 1 is 0.750 bits per heavy atom. The quantitative estimate of drug-likeness (QED) is 0.345. The number of hydrogen-bond acceptors (Lipinski definition) is 1. The lowest BCUT2D eigenvalue weighted by molar-refractivity contribution is -0.996. The van der Waals surface area contributed by atoms with Crippen LogP contribution < -0.4 is 18.2 Å². The van der Waals surface area contributed by atoms with Crippen LogP contribution in [0.3, 0.4) is 0 Å². The summed E-state index contributed by atoms with van der Waals surface area (Å²) in [4.78, 5) is 0. The zero-order valence-electron chi connectivity index (χ0n) is 9.13. The van der Waals surface area contributed by atoms with Crippen LogP contribution in [0.4, 0.5) is 0 Å². The molecule has 0 aromatic heterocycles. The number of quaternary nitrogens is 1. The van der Waals surface area contributed by atoms with E-state index >= 15 is 0 Å². The fourth-order valence-corrected chi connectivity index (χ4v) is 1.79. The standard InChI is InChI=1S/C9H23N2.ClH/c1-7(2)11(10,8(3)4)9(5)6;/h7-9H,10H2,1-6H3;1H/q+1;/p-1. The molecule has 12 heavy (non-hydrogen) atoms. The van der Waals surface area contributed by atoms with Crippen LogP contribution in [0.2, 0.25) is 0 Å². The fraction of sp³-hybridized carbons (Fsp3) is 1.00. The largest absolute Gasteiger partial charge is 1.00 e. The molecular weight excluding hydrogens is 172 g/mol. The predicted molar refractivity (Wildman–Crippen MR) is 49.9 cm³/mol. The zero-order chi connectivity index (χ0) is 9.23. The predicted octanol–water partition coefficient (Wildman–Crippen LogP) is -1.09. The maximum atomic E-state index is 6.26. The van der Waals surface area contributed by atoms with E-state index in [9.17, 15) is 0 Å². The number of hydrogen-bond donors (Lipinski definition) is 1. The van der Waals surface area contributed by atoms with Crippen LogP contribution >= 0.6 is 0 Å². The smallest absolute Gasteiger partial charge is 0.101 e. The molecule has 0 amide bonds. The summed E-state index contributed by atoms with van der Waals surface area (Å²) in [6, 6.07) is 1.49. The summed E-state index contributed by atoms with van der Waals surface area (Å²) in [6.45, 7) is 13.1. The molecule has 0 heterocycles. The van der Waals surface area contributed by atoms with Gasteiger partial charge < -0.3 is 12.4 Å². The van der Waals surface area contributed by atoms with E-state index in [-0.39, 0.29) is 12.4 Å². The minimum atomic E-state index is 0. The third kappa shape index (κ3) is 2.61. The van der Waals surface area contributed by atoms with E-state index in [0.717, 1.165) is 0 Å². The van der Waals surface area contributed by atoms with Crippen LogP contribution in [0.15, 0.2) is 0 Å². The molecule has 3 heteroatoms. The van der Waals surface area contributed by atoms with E-state index in [2.05, 4.69) is 41.5 Å². The summed E-state index contributed by atoms with van der Waals surface area (Å²) >= 11 is 0. The molecule has 0 fully saturated rings. The molecule has 0 aliphatic heterocycles. The van der Waals surface area contributed by atoms with Gasteiger partial charge in [0.05, 0.1) is 0 Å². The number of nitrogens with two attached hydrogens (primary N) is 1. The molecule has 0 radical (unpaired) electrons. The van der Waals surface area contributed by atoms with Gasteiger partial charge >= 0.3 is 0 Å². The van der Waals surface area contributed by atoms with Gasteiger partial charge in [-0.2, -0.15) is 5.84 Å². The average molecular weight is 195 g/mol. The van der Waals surface area contributed by atoms with Gasteiger partial charge in [-0.3, -0.25) is 0 Å². The summed E-state index contributed by atoms with van der Waals surface area (Å²) in [5, 5.41) is 0. The highest BCUT2D eigenvalue weighted by Gasteiger charge is 2.34. The molecule has 0 unspecified atom stereocenters. The van der Waals surface area contributed by atoms with Crippen molar-refractivity contribution >= 4 is 0 Å². The molecule has 0 aliphatic carbocycles. The minimum Gasteiger partial charge on any atom is -1.00 e. The van der Waals surface area contributed by atoms with Gasteiger partial charge in [0.25, 0.3) is 0 Å².